The fraction of sp³-hybridized carbons (Fsp3) is 0.414. The molecule has 1 heterocycles. The fourth-order valence-corrected chi connectivity index (χ4v) is 4.43. The number of aryl methyl sites for hydroxylation is 4. The van der Waals surface area contributed by atoms with Gasteiger partial charge in [-0.1, -0.05) is 50.2 Å². The van der Waals surface area contributed by atoms with E-state index in [2.05, 4.69) is 13.8 Å². The summed E-state index contributed by atoms with van der Waals surface area (Å²) >= 11 is 0. The van der Waals surface area contributed by atoms with E-state index in [0.717, 1.165) is 29.7 Å². The maximum atomic E-state index is 9.19. The Hall–Kier alpha value is -2.41. The van der Waals surface area contributed by atoms with Gasteiger partial charge in [-0.05, 0) is 91.5 Å². The van der Waals surface area contributed by atoms with Crippen LogP contribution in [0.2, 0.25) is 0 Å². The molecule has 0 spiro atoms. The molecule has 1 aromatic heterocycles. The molecule has 0 radical (unpaired) electrons. The molecule has 1 aliphatic rings. The number of benzene rings is 2. The van der Waals surface area contributed by atoms with Crippen molar-refractivity contribution < 1.29 is 15.5 Å². The fourth-order valence-electron chi connectivity index (χ4n) is 4.43. The molecule has 30 heavy (non-hydrogen) atoms. The Morgan fingerprint density at radius 3 is 2.40 bits per heavy atom. The average Bonchev–Trinajstić information content (AvgIpc) is 2.80. The summed E-state index contributed by atoms with van der Waals surface area (Å²) in [5.41, 5.74) is 3.47. The maximum absolute atomic E-state index is 9.19. The molecule has 0 atom stereocenters. The zero-order valence-corrected chi connectivity index (χ0v) is 18.4. The van der Waals surface area contributed by atoms with Gasteiger partial charge in [-0.15, -0.1) is 0 Å². The predicted octanol–water partition coefficient (Wildman–Crippen LogP) is 7.45. The van der Waals surface area contributed by atoms with Gasteiger partial charge < -0.3 is 0 Å². The van der Waals surface area contributed by atoms with Crippen molar-refractivity contribution in [2.24, 2.45) is 12.5 Å². The van der Waals surface area contributed by atoms with E-state index in [1.54, 1.807) is 23.7 Å². The lowest BCUT2D eigenvalue weighted by Gasteiger charge is -2.34. The molecule has 1 saturated carbocycles. The summed E-state index contributed by atoms with van der Waals surface area (Å²) in [5, 5.41) is 0. The van der Waals surface area contributed by atoms with Crippen LogP contribution >= 0.6 is 0 Å². The van der Waals surface area contributed by atoms with Gasteiger partial charge in [0.2, 0.25) is 5.69 Å². The van der Waals surface area contributed by atoms with Crippen LogP contribution < -0.4 is 4.57 Å². The highest BCUT2D eigenvalue weighted by Gasteiger charge is 2.28. The predicted molar refractivity (Wildman–Crippen MR) is 128 cm³/mol. The third-order valence-electron chi connectivity index (χ3n) is 6.52. The van der Waals surface area contributed by atoms with Gasteiger partial charge in [0.05, 0.1) is 1.37 Å². The van der Waals surface area contributed by atoms with E-state index in [1.807, 2.05) is 31.2 Å². The molecule has 0 N–H and O–H groups in total. The van der Waals surface area contributed by atoms with Crippen molar-refractivity contribution in [3.8, 4) is 22.4 Å². The van der Waals surface area contributed by atoms with Crippen LogP contribution in [0.1, 0.15) is 78.6 Å². The zero-order chi connectivity index (χ0) is 28.3. The first-order chi connectivity index (χ1) is 17.4. The number of nitrogens with zero attached hydrogens (tertiary/aromatic N) is 1. The van der Waals surface area contributed by atoms with Gasteiger partial charge in [-0.25, -0.2) is 4.57 Å². The monoisotopic (exact) mass is 406 g/mol. The molecule has 2 aromatic carbocycles. The lowest BCUT2D eigenvalue weighted by molar-refractivity contribution is -0.660. The lowest BCUT2D eigenvalue weighted by atomic mass is 9.71. The second-order valence-corrected chi connectivity index (χ2v) is 9.36. The van der Waals surface area contributed by atoms with Gasteiger partial charge >= 0.3 is 0 Å². The van der Waals surface area contributed by atoms with Crippen molar-refractivity contribution in [2.75, 3.05) is 0 Å². The van der Waals surface area contributed by atoms with Crippen molar-refractivity contribution in [3.05, 3.63) is 77.0 Å². The molecular weight excluding hydrogens is 362 g/mol. The van der Waals surface area contributed by atoms with Crippen LogP contribution in [0, 0.1) is 26.0 Å². The Morgan fingerprint density at radius 1 is 0.967 bits per heavy atom. The van der Waals surface area contributed by atoms with Crippen LogP contribution in [-0.2, 0) is 7.05 Å². The molecule has 1 fully saturated rings. The SMILES string of the molecule is [2H]c1cc(C2([2H])CCC(C)(C)CC2)cc(C([2H])([2H])[2H])c1-c1cc(-c2ccccc2C)[n+](C)cc1C([2H])([2H])[2H]. The van der Waals surface area contributed by atoms with E-state index >= 15 is 0 Å². The number of pyridine rings is 1. The molecule has 1 heteroatoms. The highest BCUT2D eigenvalue weighted by atomic mass is 14.9. The molecule has 0 saturated heterocycles. The van der Waals surface area contributed by atoms with Gasteiger partial charge in [0.15, 0.2) is 6.20 Å². The molecule has 156 valence electrons. The van der Waals surface area contributed by atoms with E-state index in [1.165, 1.54) is 12.3 Å². The molecule has 3 aromatic rings. The number of aromatic nitrogens is 1. The molecule has 1 nitrogen and oxygen atoms in total. The molecule has 1 aliphatic carbocycles. The minimum Gasteiger partial charge on any atom is -0.201 e. The Balaban J connectivity index is 2.01. The number of rotatable bonds is 3. The van der Waals surface area contributed by atoms with Crippen molar-refractivity contribution in [3.63, 3.8) is 0 Å². The Bertz CT molecular complexity index is 1360. The summed E-state index contributed by atoms with van der Waals surface area (Å²) in [7, 11) is 1.77. The second-order valence-electron chi connectivity index (χ2n) is 9.36. The molecule has 4 rings (SSSR count). The molecule has 0 bridgehead atoms. The highest BCUT2D eigenvalue weighted by molar-refractivity contribution is 5.74. The van der Waals surface area contributed by atoms with E-state index in [9.17, 15) is 1.37 Å². The third-order valence-corrected chi connectivity index (χ3v) is 6.52. The van der Waals surface area contributed by atoms with Crippen molar-refractivity contribution in [2.45, 2.75) is 66.1 Å². The summed E-state index contributed by atoms with van der Waals surface area (Å²) in [6.07, 6.45) is 4.37. The van der Waals surface area contributed by atoms with Crippen LogP contribution in [0.3, 0.4) is 0 Å². The van der Waals surface area contributed by atoms with Gasteiger partial charge in [-0.2, -0.15) is 0 Å². The molecule has 0 amide bonds. The number of hydrogen-bond donors (Lipinski definition) is 0. The largest absolute Gasteiger partial charge is 0.213 e. The van der Waals surface area contributed by atoms with Gasteiger partial charge in [0, 0.05) is 26.8 Å². The first-order valence-corrected chi connectivity index (χ1v) is 10.7. The van der Waals surface area contributed by atoms with Gasteiger partial charge in [0.1, 0.15) is 7.05 Å². The number of hydrogen-bond acceptors (Lipinski definition) is 0. The Kier molecular flexibility index (Phi) is 3.50. The van der Waals surface area contributed by atoms with E-state index in [-0.39, 0.29) is 33.7 Å². The third kappa shape index (κ3) is 4.08. The van der Waals surface area contributed by atoms with E-state index in [4.69, 9.17) is 9.60 Å². The van der Waals surface area contributed by atoms with Crippen molar-refractivity contribution in [1.82, 2.24) is 0 Å². The topological polar surface area (TPSA) is 3.88 Å². The summed E-state index contributed by atoms with van der Waals surface area (Å²) in [4.78, 5) is 0. The lowest BCUT2D eigenvalue weighted by Crippen LogP contribution is -2.31. The first kappa shape index (κ1) is 13.1. The van der Waals surface area contributed by atoms with Crippen LogP contribution in [0.4, 0.5) is 0 Å². The standard InChI is InChI=1S/C29H36N/c1-20-9-7-8-10-26(20)28-18-27(22(3)19-30(28)6)25-12-11-24(17-21(25)2)23-13-15-29(4,5)16-14-23/h7-12,17-19,23H,13-16H2,1-6H3/q+1/i2D3,3D3,12D,23D. The van der Waals surface area contributed by atoms with Crippen LogP contribution in [-0.4, -0.2) is 0 Å². The molecule has 0 unspecified atom stereocenters. The van der Waals surface area contributed by atoms with Crippen molar-refractivity contribution in [1.29, 1.82) is 0 Å². The smallest absolute Gasteiger partial charge is 0.201 e. The normalized spacial score (nSPS) is 22.4. The van der Waals surface area contributed by atoms with Crippen LogP contribution in [0.15, 0.2) is 54.7 Å². The van der Waals surface area contributed by atoms with Gasteiger partial charge in [-0.3, -0.25) is 0 Å². The maximum Gasteiger partial charge on any atom is 0.213 e. The Morgan fingerprint density at radius 2 is 1.70 bits per heavy atom. The average molecular weight is 407 g/mol. The minimum atomic E-state index is -2.60. The zero-order valence-electron chi connectivity index (χ0n) is 26.4. The van der Waals surface area contributed by atoms with Crippen molar-refractivity contribution >= 4 is 0 Å². The summed E-state index contributed by atoms with van der Waals surface area (Å²) < 4.78 is 69.7. The molecular formula is C29H36N+. The summed E-state index contributed by atoms with van der Waals surface area (Å²) in [6, 6.07) is 12.5. The quantitative estimate of drug-likeness (QED) is 0.398. The van der Waals surface area contributed by atoms with Crippen LogP contribution in [0.5, 0.6) is 0 Å². The van der Waals surface area contributed by atoms with Crippen LogP contribution in [0.25, 0.3) is 22.4 Å². The highest BCUT2D eigenvalue weighted by Crippen LogP contribution is 2.43. The summed E-state index contributed by atoms with van der Waals surface area (Å²) in [5.74, 6) is -0.980. The van der Waals surface area contributed by atoms with E-state index < -0.39 is 19.6 Å². The van der Waals surface area contributed by atoms with E-state index in [0.29, 0.717) is 18.4 Å². The first-order valence-electron chi connectivity index (χ1n) is 14.7. The summed E-state index contributed by atoms with van der Waals surface area (Å²) in [6.45, 7) is 1.19. The second kappa shape index (κ2) is 8.02. The van der Waals surface area contributed by atoms with Gasteiger partial charge in [0.25, 0.3) is 0 Å². The minimum absolute atomic E-state index is 0.0101. The molecule has 0 aliphatic heterocycles. The Labute approximate surface area is 194 Å².